The molecule has 1 amide bonds. The zero-order chi connectivity index (χ0) is 12.5. The van der Waals surface area contributed by atoms with Crippen LogP contribution in [-0.2, 0) is 9.53 Å². The predicted molar refractivity (Wildman–Crippen MR) is 69.0 cm³/mol. The average molecular weight is 242 g/mol. The van der Waals surface area contributed by atoms with Crippen LogP contribution in [0.25, 0.3) is 0 Å². The smallest absolute Gasteiger partial charge is 0.245 e. The minimum atomic E-state index is -0.0463. The van der Waals surface area contributed by atoms with Gasteiger partial charge in [-0.05, 0) is 51.2 Å². The average Bonchev–Trinajstić information content (AvgIpc) is 2.35. The molecular formula is C13H26N2O2. The van der Waals surface area contributed by atoms with Crippen LogP contribution >= 0.6 is 0 Å². The molecule has 100 valence electrons. The second-order valence-electron chi connectivity index (χ2n) is 4.96. The lowest BCUT2D eigenvalue weighted by atomic mass is 9.99. The quantitative estimate of drug-likeness (QED) is 0.683. The Morgan fingerprint density at radius 1 is 1.35 bits per heavy atom. The molecule has 17 heavy (non-hydrogen) atoms. The van der Waals surface area contributed by atoms with Gasteiger partial charge in [-0.3, -0.25) is 4.79 Å². The summed E-state index contributed by atoms with van der Waals surface area (Å²) in [7, 11) is 1.63. The maximum atomic E-state index is 10.9. The summed E-state index contributed by atoms with van der Waals surface area (Å²) in [6.07, 6.45) is 4.89. The number of carbonyl (C=O) groups excluding carboxylic acids is 1. The lowest BCUT2D eigenvalue weighted by molar-refractivity contribution is -0.125. The highest BCUT2D eigenvalue weighted by Gasteiger charge is 2.14. The molecule has 1 rings (SSSR count). The van der Waals surface area contributed by atoms with Gasteiger partial charge in [-0.1, -0.05) is 6.92 Å². The van der Waals surface area contributed by atoms with E-state index in [4.69, 9.17) is 4.74 Å². The predicted octanol–water partition coefficient (Wildman–Crippen LogP) is 1.26. The Hall–Kier alpha value is -0.610. The Balaban J connectivity index is 1.89. The van der Waals surface area contributed by atoms with Crippen molar-refractivity contribution >= 4 is 5.91 Å². The number of hydrogen-bond acceptors (Lipinski definition) is 3. The number of likely N-dealkylation sites (tertiary alicyclic amines) is 1. The third-order valence-corrected chi connectivity index (χ3v) is 3.40. The summed E-state index contributed by atoms with van der Waals surface area (Å²) in [5, 5.41) is 2.54. The first-order valence-electron chi connectivity index (χ1n) is 6.73. The molecule has 1 N–H and O–H groups in total. The van der Waals surface area contributed by atoms with Crippen molar-refractivity contribution in [2.45, 2.75) is 32.6 Å². The monoisotopic (exact) mass is 242 g/mol. The molecule has 4 nitrogen and oxygen atoms in total. The minimum absolute atomic E-state index is 0.0463. The third-order valence-electron chi connectivity index (χ3n) is 3.40. The second kappa shape index (κ2) is 8.48. The lowest BCUT2D eigenvalue weighted by Crippen LogP contribution is -2.33. The number of amides is 1. The Labute approximate surface area is 105 Å². The number of hydrogen-bond donors (Lipinski definition) is 1. The molecule has 1 fully saturated rings. The van der Waals surface area contributed by atoms with Crippen molar-refractivity contribution in [1.29, 1.82) is 0 Å². The van der Waals surface area contributed by atoms with Gasteiger partial charge in [-0.2, -0.15) is 0 Å². The maximum absolute atomic E-state index is 10.9. The highest BCUT2D eigenvalue weighted by molar-refractivity contribution is 5.76. The third kappa shape index (κ3) is 6.64. The zero-order valence-corrected chi connectivity index (χ0v) is 11.2. The number of nitrogens with zero attached hydrogens (tertiary/aromatic N) is 1. The highest BCUT2D eigenvalue weighted by Crippen LogP contribution is 2.16. The van der Waals surface area contributed by atoms with Crippen molar-refractivity contribution in [3.8, 4) is 0 Å². The van der Waals surface area contributed by atoms with Gasteiger partial charge in [0.05, 0.1) is 0 Å². The molecule has 0 aromatic heterocycles. The molecule has 0 saturated carbocycles. The first-order valence-corrected chi connectivity index (χ1v) is 6.73. The van der Waals surface area contributed by atoms with E-state index in [0.29, 0.717) is 6.61 Å². The Morgan fingerprint density at radius 3 is 2.71 bits per heavy atom. The molecule has 0 aromatic rings. The van der Waals surface area contributed by atoms with E-state index in [1.165, 1.54) is 38.9 Å². The summed E-state index contributed by atoms with van der Waals surface area (Å²) in [6.45, 7) is 6.90. The molecule has 0 spiro atoms. The molecule has 0 aliphatic carbocycles. The molecule has 1 aliphatic heterocycles. The summed E-state index contributed by atoms with van der Waals surface area (Å²) in [5.41, 5.74) is 0. The van der Waals surface area contributed by atoms with Crippen molar-refractivity contribution in [1.82, 2.24) is 10.2 Å². The zero-order valence-electron chi connectivity index (χ0n) is 11.2. The van der Waals surface area contributed by atoms with Gasteiger partial charge >= 0.3 is 0 Å². The number of piperidine rings is 1. The van der Waals surface area contributed by atoms with E-state index in [9.17, 15) is 4.79 Å². The van der Waals surface area contributed by atoms with Gasteiger partial charge in [0.15, 0.2) is 0 Å². The second-order valence-corrected chi connectivity index (χ2v) is 4.96. The van der Waals surface area contributed by atoms with Gasteiger partial charge in [-0.25, -0.2) is 0 Å². The van der Waals surface area contributed by atoms with Crippen LogP contribution in [0.15, 0.2) is 0 Å². The first kappa shape index (κ1) is 14.5. The van der Waals surface area contributed by atoms with Crippen LogP contribution in [0.1, 0.15) is 32.6 Å². The summed E-state index contributed by atoms with van der Waals surface area (Å²) in [5.74, 6) is 0.858. The van der Waals surface area contributed by atoms with Gasteiger partial charge < -0.3 is 15.0 Å². The summed E-state index contributed by atoms with van der Waals surface area (Å²) in [4.78, 5) is 13.4. The maximum Gasteiger partial charge on any atom is 0.245 e. The van der Waals surface area contributed by atoms with Gasteiger partial charge in [0, 0.05) is 13.7 Å². The molecule has 0 aromatic carbocycles. The molecule has 0 radical (unpaired) electrons. The number of unbranched alkanes of at least 4 members (excludes halogenated alkanes) is 1. The van der Waals surface area contributed by atoms with Crippen molar-refractivity contribution in [3.05, 3.63) is 0 Å². The molecule has 0 bridgehead atoms. The normalized spacial score (nSPS) is 18.2. The summed E-state index contributed by atoms with van der Waals surface area (Å²) < 4.78 is 5.26. The van der Waals surface area contributed by atoms with E-state index < -0.39 is 0 Å². The van der Waals surface area contributed by atoms with Gasteiger partial charge in [-0.15, -0.1) is 0 Å². The van der Waals surface area contributed by atoms with Crippen LogP contribution in [0.3, 0.4) is 0 Å². The van der Waals surface area contributed by atoms with Crippen molar-refractivity contribution in [2.24, 2.45) is 5.92 Å². The van der Waals surface area contributed by atoms with Gasteiger partial charge in [0.2, 0.25) is 5.91 Å². The van der Waals surface area contributed by atoms with E-state index in [2.05, 4.69) is 17.1 Å². The van der Waals surface area contributed by atoms with E-state index >= 15 is 0 Å². The number of likely N-dealkylation sites (N-methyl/N-ethyl adjacent to an activating group) is 1. The van der Waals surface area contributed by atoms with E-state index in [1.807, 2.05) is 0 Å². The topological polar surface area (TPSA) is 41.6 Å². The van der Waals surface area contributed by atoms with Crippen LogP contribution < -0.4 is 5.32 Å². The fourth-order valence-electron chi connectivity index (χ4n) is 2.06. The van der Waals surface area contributed by atoms with E-state index in [1.54, 1.807) is 7.05 Å². The Morgan fingerprint density at radius 2 is 2.06 bits per heavy atom. The van der Waals surface area contributed by atoms with Gasteiger partial charge in [0.25, 0.3) is 0 Å². The largest absolute Gasteiger partial charge is 0.372 e. The number of ether oxygens (including phenoxy) is 1. The van der Waals surface area contributed by atoms with E-state index in [-0.39, 0.29) is 12.5 Å². The van der Waals surface area contributed by atoms with Crippen LogP contribution in [-0.4, -0.2) is 50.7 Å². The molecule has 1 saturated heterocycles. The van der Waals surface area contributed by atoms with Crippen molar-refractivity contribution < 1.29 is 9.53 Å². The number of rotatable bonds is 7. The van der Waals surface area contributed by atoms with Crippen LogP contribution in [0.5, 0.6) is 0 Å². The molecule has 4 heteroatoms. The fourth-order valence-corrected chi connectivity index (χ4v) is 2.06. The van der Waals surface area contributed by atoms with Gasteiger partial charge in [0.1, 0.15) is 6.61 Å². The highest BCUT2D eigenvalue weighted by atomic mass is 16.5. The molecular weight excluding hydrogens is 216 g/mol. The van der Waals surface area contributed by atoms with Crippen LogP contribution in [0.2, 0.25) is 0 Å². The fraction of sp³-hybridized carbons (Fsp3) is 0.923. The summed E-state index contributed by atoms with van der Waals surface area (Å²) >= 11 is 0. The van der Waals surface area contributed by atoms with E-state index in [0.717, 1.165) is 12.3 Å². The minimum Gasteiger partial charge on any atom is -0.372 e. The van der Waals surface area contributed by atoms with Crippen molar-refractivity contribution in [2.75, 3.05) is 39.9 Å². The number of nitrogens with one attached hydrogen (secondary N) is 1. The standard InChI is InChI=1S/C13H26N2O2/c1-12-5-8-15(9-6-12)7-3-4-10-17-11-13(16)14-2/h12H,3-11H2,1-2H3,(H,14,16). The molecule has 1 aliphatic rings. The van der Waals surface area contributed by atoms with Crippen LogP contribution in [0.4, 0.5) is 0 Å². The Bertz CT molecular complexity index is 213. The Kier molecular flexibility index (Phi) is 7.21. The SMILES string of the molecule is CNC(=O)COCCCCN1CCC(C)CC1. The van der Waals surface area contributed by atoms with Crippen molar-refractivity contribution in [3.63, 3.8) is 0 Å². The molecule has 0 atom stereocenters. The summed E-state index contributed by atoms with van der Waals surface area (Å²) in [6, 6.07) is 0. The molecule has 1 heterocycles. The lowest BCUT2D eigenvalue weighted by Gasteiger charge is -2.30. The number of carbonyl (C=O) groups is 1. The van der Waals surface area contributed by atoms with Crippen LogP contribution in [0, 0.1) is 5.92 Å². The molecule has 0 unspecified atom stereocenters. The first-order chi connectivity index (χ1) is 8.22.